The van der Waals surface area contributed by atoms with Crippen LogP contribution in [-0.4, -0.2) is 23.5 Å². The predicted molar refractivity (Wildman–Crippen MR) is 82.8 cm³/mol. The van der Waals surface area contributed by atoms with E-state index in [-0.39, 0.29) is 22.3 Å². The average molecular weight is 339 g/mol. The minimum atomic E-state index is -0.694. The molecule has 0 unspecified atom stereocenters. The van der Waals surface area contributed by atoms with Crippen LogP contribution in [0.1, 0.15) is 15.9 Å². The molecular weight excluding hydrogens is 327 g/mol. The maximum absolute atomic E-state index is 11.7. The quantitative estimate of drug-likeness (QED) is 0.672. The van der Waals surface area contributed by atoms with Crippen molar-refractivity contribution in [1.82, 2.24) is 10.3 Å². The predicted octanol–water partition coefficient (Wildman–Crippen LogP) is 2.86. The Morgan fingerprint density at radius 3 is 2.59 bits per heavy atom. The summed E-state index contributed by atoms with van der Waals surface area (Å²) in [7, 11) is 0. The number of rotatable bonds is 5. The van der Waals surface area contributed by atoms with Gasteiger partial charge in [-0.15, -0.1) is 0 Å². The summed E-state index contributed by atoms with van der Waals surface area (Å²) in [5, 5.41) is 2.89. The van der Waals surface area contributed by atoms with Gasteiger partial charge in [-0.3, -0.25) is 4.79 Å². The summed E-state index contributed by atoms with van der Waals surface area (Å²) in [4.78, 5) is 27.1. The second-order valence-corrected chi connectivity index (χ2v) is 5.10. The molecule has 22 heavy (non-hydrogen) atoms. The van der Waals surface area contributed by atoms with Gasteiger partial charge in [0.05, 0.1) is 10.6 Å². The van der Waals surface area contributed by atoms with Crippen molar-refractivity contribution in [3.63, 3.8) is 0 Å². The van der Waals surface area contributed by atoms with Crippen molar-refractivity contribution >= 4 is 35.1 Å². The van der Waals surface area contributed by atoms with Gasteiger partial charge in [-0.25, -0.2) is 9.78 Å². The zero-order valence-corrected chi connectivity index (χ0v) is 12.9. The molecule has 0 fully saturated rings. The van der Waals surface area contributed by atoms with Crippen molar-refractivity contribution in [2.24, 2.45) is 0 Å². The van der Waals surface area contributed by atoms with Crippen molar-refractivity contribution in [1.29, 1.82) is 0 Å². The Labute approximate surface area is 137 Å². The summed E-state index contributed by atoms with van der Waals surface area (Å²) in [6.07, 6.45) is 1.23. The number of esters is 1. The lowest BCUT2D eigenvalue weighted by atomic mass is 10.2. The number of benzene rings is 1. The van der Waals surface area contributed by atoms with Gasteiger partial charge in [0.2, 0.25) is 0 Å². The molecule has 7 heteroatoms. The van der Waals surface area contributed by atoms with Crippen molar-refractivity contribution < 1.29 is 14.3 Å². The standard InChI is InChI=1S/C15H12Cl2N2O3/c16-12-6-11(8-19-14(12)17)15(21)22-9-13(20)18-7-10-4-2-1-3-5-10/h1-6,8H,7,9H2,(H,18,20). The third-order valence-electron chi connectivity index (χ3n) is 2.70. The van der Waals surface area contributed by atoms with Gasteiger partial charge >= 0.3 is 5.97 Å². The lowest BCUT2D eigenvalue weighted by Gasteiger charge is -2.07. The van der Waals surface area contributed by atoms with Crippen molar-refractivity contribution in [2.45, 2.75) is 6.54 Å². The zero-order valence-electron chi connectivity index (χ0n) is 11.4. The zero-order chi connectivity index (χ0) is 15.9. The summed E-state index contributed by atoms with van der Waals surface area (Å²) in [6.45, 7) is -0.0164. The van der Waals surface area contributed by atoms with E-state index in [9.17, 15) is 9.59 Å². The van der Waals surface area contributed by atoms with Gasteiger partial charge in [-0.05, 0) is 11.6 Å². The number of nitrogens with one attached hydrogen (secondary N) is 1. The van der Waals surface area contributed by atoms with E-state index in [1.807, 2.05) is 30.3 Å². The molecule has 0 aliphatic rings. The lowest BCUT2D eigenvalue weighted by Crippen LogP contribution is -2.28. The third kappa shape index (κ3) is 4.72. The van der Waals surface area contributed by atoms with Crippen LogP contribution >= 0.6 is 23.2 Å². The molecule has 1 amide bonds. The van der Waals surface area contributed by atoms with Crippen LogP contribution in [0.4, 0.5) is 0 Å². The third-order valence-corrected chi connectivity index (χ3v) is 3.38. The lowest BCUT2D eigenvalue weighted by molar-refractivity contribution is -0.124. The molecule has 2 rings (SSSR count). The first-order chi connectivity index (χ1) is 10.6. The number of carbonyl (C=O) groups excluding carboxylic acids is 2. The van der Waals surface area contributed by atoms with Crippen LogP contribution in [0, 0.1) is 0 Å². The fraction of sp³-hybridized carbons (Fsp3) is 0.133. The summed E-state index contributed by atoms with van der Waals surface area (Å²) in [6, 6.07) is 10.7. The summed E-state index contributed by atoms with van der Waals surface area (Å²) in [5.74, 6) is -1.09. The van der Waals surface area contributed by atoms with Gasteiger partial charge in [0, 0.05) is 12.7 Å². The van der Waals surface area contributed by atoms with E-state index in [2.05, 4.69) is 10.3 Å². The second kappa shape index (κ2) is 7.77. The molecule has 1 heterocycles. The minimum absolute atomic E-state index is 0.0961. The number of nitrogens with zero attached hydrogens (tertiary/aromatic N) is 1. The molecule has 5 nitrogen and oxygen atoms in total. The van der Waals surface area contributed by atoms with Gasteiger partial charge in [0.25, 0.3) is 5.91 Å². The molecule has 0 saturated carbocycles. The monoisotopic (exact) mass is 338 g/mol. The largest absolute Gasteiger partial charge is 0.452 e. The molecular formula is C15H12Cl2N2O3. The van der Waals surface area contributed by atoms with Crippen molar-refractivity contribution in [3.05, 3.63) is 63.9 Å². The molecule has 1 aromatic carbocycles. The number of aromatic nitrogens is 1. The summed E-state index contributed by atoms with van der Waals surface area (Å²) < 4.78 is 4.88. The molecule has 1 aromatic heterocycles. The topological polar surface area (TPSA) is 68.3 Å². The fourth-order valence-corrected chi connectivity index (χ4v) is 1.86. The Hall–Kier alpha value is -2.11. The first-order valence-corrected chi connectivity index (χ1v) is 7.10. The minimum Gasteiger partial charge on any atom is -0.452 e. The maximum Gasteiger partial charge on any atom is 0.340 e. The van der Waals surface area contributed by atoms with Crippen LogP contribution in [0.25, 0.3) is 0 Å². The molecule has 1 N–H and O–H groups in total. The summed E-state index contributed by atoms with van der Waals surface area (Å²) >= 11 is 11.4. The smallest absolute Gasteiger partial charge is 0.340 e. The van der Waals surface area contributed by atoms with E-state index in [0.717, 1.165) is 5.56 Å². The molecule has 0 aliphatic carbocycles. The highest BCUT2D eigenvalue weighted by atomic mass is 35.5. The van der Waals surface area contributed by atoms with Crippen LogP contribution in [-0.2, 0) is 16.1 Å². The van der Waals surface area contributed by atoms with E-state index in [0.29, 0.717) is 6.54 Å². The number of amides is 1. The SMILES string of the molecule is O=C(COC(=O)c1cnc(Cl)c(Cl)c1)NCc1ccccc1. The molecule has 0 saturated heterocycles. The van der Waals surface area contributed by atoms with Gasteiger partial charge in [-0.2, -0.15) is 0 Å². The number of halogens is 2. The van der Waals surface area contributed by atoms with Crippen LogP contribution in [0.5, 0.6) is 0 Å². The van der Waals surface area contributed by atoms with Gasteiger partial charge in [-0.1, -0.05) is 53.5 Å². The fourth-order valence-electron chi connectivity index (χ4n) is 1.59. The maximum atomic E-state index is 11.7. The number of ether oxygens (including phenoxy) is 1. The Morgan fingerprint density at radius 1 is 1.18 bits per heavy atom. The molecule has 0 spiro atoms. The molecule has 0 aliphatic heterocycles. The average Bonchev–Trinajstić information content (AvgIpc) is 2.54. The van der Waals surface area contributed by atoms with E-state index in [1.54, 1.807) is 0 Å². The van der Waals surface area contributed by atoms with Crippen LogP contribution in [0.15, 0.2) is 42.6 Å². The van der Waals surface area contributed by atoms with Crippen LogP contribution in [0.2, 0.25) is 10.2 Å². The van der Waals surface area contributed by atoms with Crippen molar-refractivity contribution in [3.8, 4) is 0 Å². The summed E-state index contributed by atoms with van der Waals surface area (Å²) in [5.41, 5.74) is 1.08. The van der Waals surface area contributed by atoms with E-state index in [1.165, 1.54) is 12.3 Å². The number of hydrogen-bond donors (Lipinski definition) is 1. The highest BCUT2D eigenvalue weighted by molar-refractivity contribution is 6.41. The van der Waals surface area contributed by atoms with E-state index >= 15 is 0 Å². The molecule has 2 aromatic rings. The number of carbonyl (C=O) groups is 2. The van der Waals surface area contributed by atoms with Crippen molar-refractivity contribution in [2.75, 3.05) is 6.61 Å². The van der Waals surface area contributed by atoms with E-state index < -0.39 is 11.9 Å². The normalized spacial score (nSPS) is 10.1. The Kier molecular flexibility index (Phi) is 5.75. The second-order valence-electron chi connectivity index (χ2n) is 4.34. The first kappa shape index (κ1) is 16.3. The Morgan fingerprint density at radius 2 is 1.91 bits per heavy atom. The Balaban J connectivity index is 1.80. The number of pyridine rings is 1. The first-order valence-electron chi connectivity index (χ1n) is 6.35. The van der Waals surface area contributed by atoms with Gasteiger partial charge < -0.3 is 10.1 Å². The van der Waals surface area contributed by atoms with Gasteiger partial charge in [0.1, 0.15) is 5.15 Å². The molecule has 114 valence electrons. The van der Waals surface area contributed by atoms with Crippen LogP contribution in [0.3, 0.4) is 0 Å². The molecule has 0 radical (unpaired) electrons. The van der Waals surface area contributed by atoms with Gasteiger partial charge in [0.15, 0.2) is 6.61 Å². The highest BCUT2D eigenvalue weighted by Crippen LogP contribution is 2.19. The molecule has 0 atom stereocenters. The highest BCUT2D eigenvalue weighted by Gasteiger charge is 2.12. The number of hydrogen-bond acceptors (Lipinski definition) is 4. The van der Waals surface area contributed by atoms with E-state index in [4.69, 9.17) is 27.9 Å². The van der Waals surface area contributed by atoms with Crippen LogP contribution < -0.4 is 5.32 Å². The Bertz CT molecular complexity index is 678. The molecule has 0 bridgehead atoms.